The number of aromatic nitrogens is 3. The summed E-state index contributed by atoms with van der Waals surface area (Å²) in [6, 6.07) is 5.62. The van der Waals surface area contributed by atoms with Gasteiger partial charge >= 0.3 is 0 Å². The van der Waals surface area contributed by atoms with Crippen molar-refractivity contribution in [3.63, 3.8) is 0 Å². The van der Waals surface area contributed by atoms with Gasteiger partial charge in [-0.1, -0.05) is 6.07 Å². The molecule has 4 heteroatoms. The Hall–Kier alpha value is -1.84. The summed E-state index contributed by atoms with van der Waals surface area (Å²) in [6.07, 6.45) is 5.16. The maximum atomic E-state index is 5.37. The minimum atomic E-state index is 0.510. The van der Waals surface area contributed by atoms with E-state index in [1.165, 1.54) is 0 Å². The van der Waals surface area contributed by atoms with Crippen LogP contribution >= 0.6 is 0 Å². The molecular formula is C9H9N3O. The molecular weight excluding hydrogens is 166 g/mol. The smallest absolute Gasteiger partial charge is 0.209 e. The first kappa shape index (κ1) is 7.79. The first-order chi connectivity index (χ1) is 6.45. The molecule has 0 radical (unpaired) electrons. The van der Waals surface area contributed by atoms with E-state index in [0.717, 1.165) is 5.56 Å². The molecule has 1 N–H and O–H groups in total. The summed E-state index contributed by atoms with van der Waals surface area (Å²) < 4.78 is 5.37. The number of hydrogen-bond acceptors (Lipinski definition) is 3. The van der Waals surface area contributed by atoms with Crippen molar-refractivity contribution >= 4 is 0 Å². The van der Waals surface area contributed by atoms with Crippen molar-refractivity contribution in [2.75, 3.05) is 0 Å². The van der Waals surface area contributed by atoms with E-state index in [1.807, 2.05) is 12.1 Å². The Kier molecular flexibility index (Phi) is 2.22. The highest BCUT2D eigenvalue weighted by molar-refractivity contribution is 5.10. The number of hydrogen-bond donors (Lipinski definition) is 1. The largest absolute Gasteiger partial charge is 0.473 e. The maximum Gasteiger partial charge on any atom is 0.209 e. The van der Waals surface area contributed by atoms with E-state index in [-0.39, 0.29) is 0 Å². The summed E-state index contributed by atoms with van der Waals surface area (Å²) >= 11 is 0. The summed E-state index contributed by atoms with van der Waals surface area (Å²) in [6.45, 7) is 0.510. The van der Waals surface area contributed by atoms with Crippen LogP contribution in [0.15, 0.2) is 36.8 Å². The van der Waals surface area contributed by atoms with Gasteiger partial charge in [-0.05, 0) is 6.07 Å². The maximum absolute atomic E-state index is 5.37. The number of pyridine rings is 1. The Morgan fingerprint density at radius 2 is 2.31 bits per heavy atom. The molecule has 0 unspecified atom stereocenters. The fraction of sp³-hybridized carbons (Fsp3) is 0.111. The average Bonchev–Trinajstić information content (AvgIpc) is 2.69. The number of aromatic amines is 1. The number of ether oxygens (including phenoxy) is 1. The summed E-state index contributed by atoms with van der Waals surface area (Å²) in [4.78, 5) is 3.98. The minimum absolute atomic E-state index is 0.510. The lowest BCUT2D eigenvalue weighted by Gasteiger charge is -2.01. The molecule has 4 nitrogen and oxygen atoms in total. The van der Waals surface area contributed by atoms with E-state index >= 15 is 0 Å². The summed E-state index contributed by atoms with van der Waals surface area (Å²) in [5, 5.41) is 6.48. The topological polar surface area (TPSA) is 50.8 Å². The number of nitrogens with zero attached hydrogens (tertiary/aromatic N) is 2. The lowest BCUT2D eigenvalue weighted by molar-refractivity contribution is 0.293. The second-order valence-electron chi connectivity index (χ2n) is 2.57. The van der Waals surface area contributed by atoms with Crippen LogP contribution < -0.4 is 4.74 Å². The molecule has 0 amide bonds. The highest BCUT2D eigenvalue weighted by Gasteiger charge is 1.94. The van der Waals surface area contributed by atoms with Crippen molar-refractivity contribution in [1.82, 2.24) is 15.2 Å². The van der Waals surface area contributed by atoms with Crippen LogP contribution in [0.4, 0.5) is 0 Å². The van der Waals surface area contributed by atoms with Crippen LogP contribution in [0.3, 0.4) is 0 Å². The zero-order valence-electron chi connectivity index (χ0n) is 6.97. The van der Waals surface area contributed by atoms with E-state index in [4.69, 9.17) is 4.74 Å². The van der Waals surface area contributed by atoms with Crippen molar-refractivity contribution in [3.05, 3.63) is 42.4 Å². The van der Waals surface area contributed by atoms with Crippen molar-refractivity contribution in [2.45, 2.75) is 6.61 Å². The lowest BCUT2D eigenvalue weighted by atomic mass is 10.3. The van der Waals surface area contributed by atoms with Crippen molar-refractivity contribution < 1.29 is 4.74 Å². The lowest BCUT2D eigenvalue weighted by Crippen LogP contribution is -1.95. The van der Waals surface area contributed by atoms with E-state index < -0.39 is 0 Å². The zero-order chi connectivity index (χ0) is 8.93. The highest BCUT2D eigenvalue weighted by Crippen LogP contribution is 2.05. The number of rotatable bonds is 3. The Bertz CT molecular complexity index is 344. The van der Waals surface area contributed by atoms with Crippen LogP contribution in [0.1, 0.15) is 5.56 Å². The van der Waals surface area contributed by atoms with Crippen LogP contribution in [0.25, 0.3) is 0 Å². The Morgan fingerprint density at radius 3 is 3.00 bits per heavy atom. The third kappa shape index (κ3) is 2.05. The van der Waals surface area contributed by atoms with E-state index in [9.17, 15) is 0 Å². The normalized spacial score (nSPS) is 9.85. The molecule has 2 aromatic rings. The molecule has 13 heavy (non-hydrogen) atoms. The van der Waals surface area contributed by atoms with Gasteiger partial charge in [0.1, 0.15) is 6.61 Å². The second-order valence-corrected chi connectivity index (χ2v) is 2.57. The monoisotopic (exact) mass is 175 g/mol. The molecule has 0 aliphatic carbocycles. The predicted molar refractivity (Wildman–Crippen MR) is 47.2 cm³/mol. The zero-order valence-corrected chi connectivity index (χ0v) is 6.97. The van der Waals surface area contributed by atoms with Crippen LogP contribution in [0, 0.1) is 0 Å². The minimum Gasteiger partial charge on any atom is -0.473 e. The van der Waals surface area contributed by atoms with Gasteiger partial charge < -0.3 is 4.74 Å². The van der Waals surface area contributed by atoms with Gasteiger partial charge in [-0.2, -0.15) is 5.10 Å². The summed E-state index contributed by atoms with van der Waals surface area (Å²) in [5.74, 6) is 0.670. The van der Waals surface area contributed by atoms with Crippen LogP contribution in [-0.4, -0.2) is 15.2 Å². The Labute approximate surface area is 75.6 Å². The molecule has 0 aliphatic heterocycles. The Morgan fingerprint density at radius 1 is 1.31 bits per heavy atom. The molecule has 0 fully saturated rings. The molecule has 0 spiro atoms. The van der Waals surface area contributed by atoms with E-state index in [2.05, 4.69) is 15.2 Å². The fourth-order valence-electron chi connectivity index (χ4n) is 0.968. The van der Waals surface area contributed by atoms with Gasteiger partial charge in [-0.15, -0.1) is 0 Å². The van der Waals surface area contributed by atoms with E-state index in [0.29, 0.717) is 12.5 Å². The van der Waals surface area contributed by atoms with Gasteiger partial charge in [-0.3, -0.25) is 4.98 Å². The standard InChI is InChI=1S/C9H9N3O/c1-2-8(6-10-4-1)7-13-9-3-5-11-12-9/h1-6H,7H2,(H,11,12). The van der Waals surface area contributed by atoms with Crippen molar-refractivity contribution in [1.29, 1.82) is 0 Å². The molecule has 0 bridgehead atoms. The number of H-pyrrole nitrogens is 1. The molecule has 0 atom stereocenters. The van der Waals surface area contributed by atoms with E-state index in [1.54, 1.807) is 24.7 Å². The van der Waals surface area contributed by atoms with Gasteiger partial charge in [0.25, 0.3) is 0 Å². The quantitative estimate of drug-likeness (QED) is 0.766. The van der Waals surface area contributed by atoms with Crippen molar-refractivity contribution in [2.24, 2.45) is 0 Å². The van der Waals surface area contributed by atoms with Gasteiger partial charge in [0, 0.05) is 24.0 Å². The molecule has 0 aliphatic rings. The molecule has 0 saturated heterocycles. The van der Waals surface area contributed by atoms with Gasteiger partial charge in [0.05, 0.1) is 6.20 Å². The molecule has 2 rings (SSSR count). The molecule has 0 saturated carbocycles. The molecule has 66 valence electrons. The van der Waals surface area contributed by atoms with Crippen LogP contribution in [0.2, 0.25) is 0 Å². The summed E-state index contributed by atoms with van der Waals surface area (Å²) in [7, 11) is 0. The Balaban J connectivity index is 1.94. The van der Waals surface area contributed by atoms with Gasteiger partial charge in [0.15, 0.2) is 0 Å². The van der Waals surface area contributed by atoms with Gasteiger partial charge in [-0.25, -0.2) is 5.10 Å². The second kappa shape index (κ2) is 3.71. The molecule has 0 aromatic carbocycles. The fourth-order valence-corrected chi connectivity index (χ4v) is 0.968. The predicted octanol–water partition coefficient (Wildman–Crippen LogP) is 1.38. The highest BCUT2D eigenvalue weighted by atomic mass is 16.5. The summed E-state index contributed by atoms with van der Waals surface area (Å²) in [5.41, 5.74) is 1.04. The van der Waals surface area contributed by atoms with Crippen LogP contribution in [-0.2, 0) is 6.61 Å². The van der Waals surface area contributed by atoms with Crippen LogP contribution in [0.5, 0.6) is 5.88 Å². The number of nitrogens with one attached hydrogen (secondary N) is 1. The molecule has 2 aromatic heterocycles. The van der Waals surface area contributed by atoms with Crippen molar-refractivity contribution in [3.8, 4) is 5.88 Å². The third-order valence-corrected chi connectivity index (χ3v) is 1.59. The first-order valence-electron chi connectivity index (χ1n) is 3.96. The third-order valence-electron chi connectivity index (χ3n) is 1.59. The van der Waals surface area contributed by atoms with Gasteiger partial charge in [0.2, 0.25) is 5.88 Å². The SMILES string of the molecule is c1cncc(COc2ccn[nH]2)c1. The average molecular weight is 175 g/mol. The molecule has 2 heterocycles. The first-order valence-corrected chi connectivity index (χ1v) is 3.96.